The highest BCUT2D eigenvalue weighted by Crippen LogP contribution is 2.28. The molecule has 0 saturated heterocycles. The Morgan fingerprint density at radius 2 is 1.89 bits per heavy atom. The summed E-state index contributed by atoms with van der Waals surface area (Å²) >= 11 is 6.07. The van der Waals surface area contributed by atoms with Crippen molar-refractivity contribution in [3.8, 4) is 11.3 Å². The number of carbonyl (C=O) groups excluding carboxylic acids is 1. The predicted molar refractivity (Wildman–Crippen MR) is 106 cm³/mol. The SMILES string of the molecule is CC(C)c1ccc(CNC(=O)c2ccc(-c3ncccc3Cl)c(F)c2)cc1. The van der Waals surface area contributed by atoms with Crippen molar-refractivity contribution in [3.63, 3.8) is 0 Å². The molecule has 27 heavy (non-hydrogen) atoms. The zero-order valence-corrected chi connectivity index (χ0v) is 15.9. The van der Waals surface area contributed by atoms with E-state index in [2.05, 4.69) is 36.3 Å². The second-order valence-corrected chi connectivity index (χ2v) is 7.01. The Bertz CT molecular complexity index is 955. The van der Waals surface area contributed by atoms with Gasteiger partial charge in [-0.05, 0) is 47.4 Å². The molecule has 3 aromatic rings. The molecule has 0 aliphatic rings. The number of hydrogen-bond acceptors (Lipinski definition) is 2. The summed E-state index contributed by atoms with van der Waals surface area (Å²) in [7, 11) is 0. The van der Waals surface area contributed by atoms with E-state index < -0.39 is 5.82 Å². The maximum Gasteiger partial charge on any atom is 0.251 e. The first-order valence-electron chi connectivity index (χ1n) is 8.73. The molecule has 2 aromatic carbocycles. The Kier molecular flexibility index (Phi) is 5.87. The number of amides is 1. The van der Waals surface area contributed by atoms with Crippen LogP contribution in [-0.2, 0) is 6.54 Å². The summed E-state index contributed by atoms with van der Waals surface area (Å²) in [5.41, 5.74) is 3.11. The van der Waals surface area contributed by atoms with Crippen LogP contribution in [0.3, 0.4) is 0 Å². The zero-order valence-electron chi connectivity index (χ0n) is 15.2. The van der Waals surface area contributed by atoms with Gasteiger partial charge in [-0.15, -0.1) is 0 Å². The third-order valence-electron chi connectivity index (χ3n) is 4.34. The van der Waals surface area contributed by atoms with E-state index in [1.165, 1.54) is 17.7 Å². The zero-order chi connectivity index (χ0) is 19.4. The summed E-state index contributed by atoms with van der Waals surface area (Å²) in [5, 5.41) is 3.17. The number of benzene rings is 2. The molecular formula is C22H20ClFN2O. The number of aromatic nitrogens is 1. The van der Waals surface area contributed by atoms with Gasteiger partial charge in [-0.1, -0.05) is 49.7 Å². The van der Waals surface area contributed by atoms with Crippen molar-refractivity contribution < 1.29 is 9.18 Å². The van der Waals surface area contributed by atoms with Gasteiger partial charge in [0.2, 0.25) is 0 Å². The summed E-state index contributed by atoms with van der Waals surface area (Å²) in [6.07, 6.45) is 1.55. The van der Waals surface area contributed by atoms with Gasteiger partial charge in [0.25, 0.3) is 5.91 Å². The lowest BCUT2D eigenvalue weighted by molar-refractivity contribution is 0.0950. The van der Waals surface area contributed by atoms with Crippen molar-refractivity contribution in [2.24, 2.45) is 0 Å². The van der Waals surface area contributed by atoms with E-state index in [9.17, 15) is 9.18 Å². The van der Waals surface area contributed by atoms with Gasteiger partial charge in [-0.3, -0.25) is 9.78 Å². The van der Waals surface area contributed by atoms with Crippen molar-refractivity contribution in [2.75, 3.05) is 0 Å². The normalized spacial score (nSPS) is 10.9. The second-order valence-electron chi connectivity index (χ2n) is 6.61. The number of nitrogens with one attached hydrogen (secondary N) is 1. The van der Waals surface area contributed by atoms with E-state index in [4.69, 9.17) is 11.6 Å². The fourth-order valence-corrected chi connectivity index (χ4v) is 2.96. The maximum atomic E-state index is 14.5. The number of carbonyl (C=O) groups is 1. The minimum atomic E-state index is -0.537. The average Bonchev–Trinajstić information content (AvgIpc) is 2.67. The van der Waals surface area contributed by atoms with E-state index in [-0.39, 0.29) is 17.0 Å². The van der Waals surface area contributed by atoms with Gasteiger partial charge in [-0.2, -0.15) is 0 Å². The van der Waals surface area contributed by atoms with E-state index in [0.29, 0.717) is 23.2 Å². The van der Waals surface area contributed by atoms with E-state index in [1.807, 2.05) is 12.1 Å². The third-order valence-corrected chi connectivity index (χ3v) is 4.65. The van der Waals surface area contributed by atoms with Crippen LogP contribution in [0.2, 0.25) is 5.02 Å². The molecule has 1 heterocycles. The quantitative estimate of drug-likeness (QED) is 0.624. The average molecular weight is 383 g/mol. The summed E-state index contributed by atoms with van der Waals surface area (Å²) in [5.74, 6) is -0.409. The van der Waals surface area contributed by atoms with Gasteiger partial charge in [0, 0.05) is 23.9 Å². The molecule has 0 spiro atoms. The number of halogens is 2. The molecule has 0 radical (unpaired) electrons. The Labute approximate surface area is 163 Å². The Balaban J connectivity index is 1.70. The van der Waals surface area contributed by atoms with Crippen LogP contribution in [-0.4, -0.2) is 10.9 Å². The summed E-state index contributed by atoms with van der Waals surface area (Å²) in [4.78, 5) is 16.4. The van der Waals surface area contributed by atoms with Gasteiger partial charge in [0.05, 0.1) is 10.7 Å². The molecule has 1 N–H and O–H groups in total. The number of hydrogen-bond donors (Lipinski definition) is 1. The number of pyridine rings is 1. The first-order chi connectivity index (χ1) is 13.0. The molecule has 0 fully saturated rings. The van der Waals surface area contributed by atoms with E-state index in [1.54, 1.807) is 24.4 Å². The smallest absolute Gasteiger partial charge is 0.251 e. The lowest BCUT2D eigenvalue weighted by Crippen LogP contribution is -2.22. The van der Waals surface area contributed by atoms with Gasteiger partial charge < -0.3 is 5.32 Å². The molecule has 0 bridgehead atoms. The van der Waals surface area contributed by atoms with Crippen molar-refractivity contribution in [2.45, 2.75) is 26.3 Å². The Morgan fingerprint density at radius 3 is 2.52 bits per heavy atom. The molecule has 0 aliphatic carbocycles. The highest BCUT2D eigenvalue weighted by atomic mass is 35.5. The van der Waals surface area contributed by atoms with Crippen LogP contribution in [0, 0.1) is 5.82 Å². The summed E-state index contributed by atoms with van der Waals surface area (Å²) in [6.45, 7) is 4.65. The third kappa shape index (κ3) is 4.52. The van der Waals surface area contributed by atoms with E-state index >= 15 is 0 Å². The topological polar surface area (TPSA) is 42.0 Å². The fourth-order valence-electron chi connectivity index (χ4n) is 2.74. The van der Waals surface area contributed by atoms with Crippen molar-refractivity contribution >= 4 is 17.5 Å². The molecular weight excluding hydrogens is 363 g/mol. The molecule has 0 atom stereocenters. The van der Waals surface area contributed by atoms with Crippen molar-refractivity contribution in [3.05, 3.63) is 88.3 Å². The highest BCUT2D eigenvalue weighted by molar-refractivity contribution is 6.33. The first-order valence-corrected chi connectivity index (χ1v) is 9.11. The molecule has 138 valence electrons. The van der Waals surface area contributed by atoms with Crippen LogP contribution in [0.5, 0.6) is 0 Å². The Morgan fingerprint density at radius 1 is 1.15 bits per heavy atom. The standard InChI is InChI=1S/C22H20ClFN2O/c1-14(2)16-7-5-15(6-8-16)13-26-22(27)17-9-10-18(20(24)12-17)21-19(23)4-3-11-25-21/h3-12,14H,13H2,1-2H3,(H,26,27). The predicted octanol–water partition coefficient (Wildman–Crippen LogP) is 5.59. The molecule has 3 nitrogen and oxygen atoms in total. The van der Waals surface area contributed by atoms with Crippen LogP contribution in [0.15, 0.2) is 60.8 Å². The minimum Gasteiger partial charge on any atom is -0.348 e. The maximum absolute atomic E-state index is 14.5. The monoisotopic (exact) mass is 382 g/mol. The molecule has 0 aliphatic heterocycles. The molecule has 0 unspecified atom stereocenters. The fraction of sp³-hybridized carbons (Fsp3) is 0.182. The molecule has 1 amide bonds. The van der Waals surface area contributed by atoms with Gasteiger partial charge in [0.1, 0.15) is 5.82 Å². The first kappa shape index (κ1) is 19.1. The van der Waals surface area contributed by atoms with Crippen molar-refractivity contribution in [1.82, 2.24) is 10.3 Å². The largest absolute Gasteiger partial charge is 0.348 e. The lowest BCUT2D eigenvalue weighted by Gasteiger charge is -2.10. The molecule has 0 saturated carbocycles. The van der Waals surface area contributed by atoms with Gasteiger partial charge in [-0.25, -0.2) is 4.39 Å². The van der Waals surface area contributed by atoms with Crippen LogP contribution in [0.1, 0.15) is 41.3 Å². The van der Waals surface area contributed by atoms with Crippen LogP contribution >= 0.6 is 11.6 Å². The minimum absolute atomic E-state index is 0.252. The van der Waals surface area contributed by atoms with Crippen LogP contribution in [0.25, 0.3) is 11.3 Å². The number of rotatable bonds is 5. The van der Waals surface area contributed by atoms with Gasteiger partial charge >= 0.3 is 0 Å². The molecule has 1 aromatic heterocycles. The van der Waals surface area contributed by atoms with E-state index in [0.717, 1.165) is 5.56 Å². The van der Waals surface area contributed by atoms with Crippen LogP contribution in [0.4, 0.5) is 4.39 Å². The van der Waals surface area contributed by atoms with Crippen molar-refractivity contribution in [1.29, 1.82) is 0 Å². The highest BCUT2D eigenvalue weighted by Gasteiger charge is 2.13. The Hall–Kier alpha value is -2.72. The molecule has 5 heteroatoms. The van der Waals surface area contributed by atoms with Gasteiger partial charge in [0.15, 0.2) is 0 Å². The summed E-state index contributed by atoms with van der Waals surface area (Å²) in [6, 6.07) is 15.7. The molecule has 3 rings (SSSR count). The number of nitrogens with zero attached hydrogens (tertiary/aromatic N) is 1. The van der Waals surface area contributed by atoms with Crippen LogP contribution < -0.4 is 5.32 Å². The second kappa shape index (κ2) is 8.31. The lowest BCUT2D eigenvalue weighted by atomic mass is 10.0. The summed E-state index contributed by atoms with van der Waals surface area (Å²) < 4.78 is 14.5.